The predicted octanol–water partition coefficient (Wildman–Crippen LogP) is 3.22. The van der Waals surface area contributed by atoms with Gasteiger partial charge in [0.1, 0.15) is 11.4 Å². The van der Waals surface area contributed by atoms with Crippen molar-refractivity contribution in [3.63, 3.8) is 0 Å². The Morgan fingerprint density at radius 1 is 1.45 bits per heavy atom. The number of carbonyl (C=O) groups excluding carboxylic acids is 1. The Labute approximate surface area is 121 Å². The van der Waals surface area contributed by atoms with Crippen molar-refractivity contribution in [1.82, 2.24) is 4.90 Å². The van der Waals surface area contributed by atoms with Gasteiger partial charge in [-0.2, -0.15) is 0 Å². The fourth-order valence-electron chi connectivity index (χ4n) is 1.77. The summed E-state index contributed by atoms with van der Waals surface area (Å²) in [4.78, 5) is 23.9. The lowest BCUT2D eigenvalue weighted by molar-refractivity contribution is -0.385. The maximum absolute atomic E-state index is 13.1. The van der Waals surface area contributed by atoms with Crippen LogP contribution in [-0.4, -0.2) is 34.7 Å². The normalized spacial score (nSPS) is 10.3. The van der Waals surface area contributed by atoms with Crippen molar-refractivity contribution in [3.05, 3.63) is 39.7 Å². The number of alkyl halides is 1. The third-order valence-electron chi connectivity index (χ3n) is 2.81. The van der Waals surface area contributed by atoms with Crippen molar-refractivity contribution in [2.24, 2.45) is 0 Å². The van der Waals surface area contributed by atoms with Gasteiger partial charge in [0.15, 0.2) is 0 Å². The largest absolute Gasteiger partial charge is 0.337 e. The van der Waals surface area contributed by atoms with E-state index in [0.29, 0.717) is 13.1 Å². The predicted molar refractivity (Wildman–Crippen MR) is 74.6 cm³/mol. The summed E-state index contributed by atoms with van der Waals surface area (Å²) in [5.41, 5.74) is -0.635. The second kappa shape index (κ2) is 7.79. The first-order valence-corrected chi connectivity index (χ1v) is 6.83. The standard InChI is InChI=1S/C13H16ClFN2O3/c1-2-3-7-16(8-6-14)13(18)11-5-4-10(15)9-12(11)17(19)20/h4-5,9H,2-3,6-8H2,1H3. The van der Waals surface area contributed by atoms with Crippen LogP contribution >= 0.6 is 11.6 Å². The van der Waals surface area contributed by atoms with E-state index in [0.717, 1.165) is 31.0 Å². The fourth-order valence-corrected chi connectivity index (χ4v) is 1.98. The van der Waals surface area contributed by atoms with E-state index >= 15 is 0 Å². The van der Waals surface area contributed by atoms with Gasteiger partial charge in [-0.15, -0.1) is 11.6 Å². The lowest BCUT2D eigenvalue weighted by atomic mass is 10.1. The first-order chi connectivity index (χ1) is 9.51. The molecule has 1 amide bonds. The molecule has 20 heavy (non-hydrogen) atoms. The number of carbonyl (C=O) groups is 1. The molecule has 1 aromatic carbocycles. The maximum Gasteiger partial charge on any atom is 0.285 e. The molecule has 7 heteroatoms. The summed E-state index contributed by atoms with van der Waals surface area (Å²) in [5.74, 6) is -0.999. The van der Waals surface area contributed by atoms with Crippen LogP contribution in [0.4, 0.5) is 10.1 Å². The molecule has 0 aliphatic rings. The smallest absolute Gasteiger partial charge is 0.285 e. The van der Waals surface area contributed by atoms with Gasteiger partial charge in [0.2, 0.25) is 0 Å². The van der Waals surface area contributed by atoms with Crippen molar-refractivity contribution in [3.8, 4) is 0 Å². The number of unbranched alkanes of at least 4 members (excludes halogenated alkanes) is 1. The van der Waals surface area contributed by atoms with Crippen molar-refractivity contribution in [2.75, 3.05) is 19.0 Å². The van der Waals surface area contributed by atoms with Gasteiger partial charge in [0, 0.05) is 19.0 Å². The van der Waals surface area contributed by atoms with Crippen LogP contribution in [0.5, 0.6) is 0 Å². The Morgan fingerprint density at radius 2 is 2.15 bits per heavy atom. The van der Waals surface area contributed by atoms with Crippen LogP contribution in [0.2, 0.25) is 0 Å². The van der Waals surface area contributed by atoms with Gasteiger partial charge in [-0.1, -0.05) is 13.3 Å². The number of benzene rings is 1. The highest BCUT2D eigenvalue weighted by atomic mass is 35.5. The summed E-state index contributed by atoms with van der Waals surface area (Å²) >= 11 is 5.65. The van der Waals surface area contributed by atoms with E-state index in [1.54, 1.807) is 0 Å². The molecule has 0 unspecified atom stereocenters. The summed E-state index contributed by atoms with van der Waals surface area (Å²) in [6.07, 6.45) is 1.66. The number of rotatable bonds is 7. The van der Waals surface area contributed by atoms with Gasteiger partial charge in [0.05, 0.1) is 11.0 Å². The molecule has 0 radical (unpaired) electrons. The Kier molecular flexibility index (Phi) is 6.38. The second-order valence-corrected chi connectivity index (χ2v) is 4.63. The summed E-state index contributed by atoms with van der Waals surface area (Å²) in [6, 6.07) is 2.94. The minimum atomic E-state index is -0.755. The highest BCUT2D eigenvalue weighted by Gasteiger charge is 2.24. The Balaban J connectivity index is 3.07. The summed E-state index contributed by atoms with van der Waals surface area (Å²) in [5, 5.41) is 10.9. The molecule has 0 aliphatic carbocycles. The lowest BCUT2D eigenvalue weighted by Crippen LogP contribution is -2.34. The molecule has 1 rings (SSSR count). The molecule has 1 aromatic rings. The summed E-state index contributed by atoms with van der Waals surface area (Å²) in [7, 11) is 0. The first-order valence-electron chi connectivity index (χ1n) is 6.30. The SMILES string of the molecule is CCCCN(CCCl)C(=O)c1ccc(F)cc1[N+](=O)[O-]. The lowest BCUT2D eigenvalue weighted by Gasteiger charge is -2.21. The van der Waals surface area contributed by atoms with Crippen LogP contribution in [0, 0.1) is 15.9 Å². The number of nitro groups is 1. The van der Waals surface area contributed by atoms with Gasteiger partial charge in [0.25, 0.3) is 11.6 Å². The van der Waals surface area contributed by atoms with Gasteiger partial charge in [-0.05, 0) is 18.6 Å². The van der Waals surface area contributed by atoms with Crippen LogP contribution in [-0.2, 0) is 0 Å². The molecule has 0 bridgehead atoms. The Morgan fingerprint density at radius 3 is 2.70 bits per heavy atom. The molecule has 110 valence electrons. The average Bonchev–Trinajstić information content (AvgIpc) is 2.42. The molecule has 0 atom stereocenters. The quantitative estimate of drug-likeness (QED) is 0.441. The van der Waals surface area contributed by atoms with E-state index in [-0.39, 0.29) is 11.4 Å². The van der Waals surface area contributed by atoms with Crippen LogP contribution < -0.4 is 0 Å². The molecule has 5 nitrogen and oxygen atoms in total. The topological polar surface area (TPSA) is 63.5 Å². The summed E-state index contributed by atoms with van der Waals surface area (Å²) < 4.78 is 13.1. The minimum Gasteiger partial charge on any atom is -0.337 e. The van der Waals surface area contributed by atoms with Crippen LogP contribution in [0.1, 0.15) is 30.1 Å². The van der Waals surface area contributed by atoms with E-state index in [2.05, 4.69) is 0 Å². The van der Waals surface area contributed by atoms with Gasteiger partial charge in [-0.25, -0.2) is 4.39 Å². The van der Waals surface area contributed by atoms with Gasteiger partial charge in [-0.3, -0.25) is 14.9 Å². The van der Waals surface area contributed by atoms with Crippen LogP contribution in [0.15, 0.2) is 18.2 Å². The molecule has 0 N–H and O–H groups in total. The van der Waals surface area contributed by atoms with Crippen molar-refractivity contribution in [2.45, 2.75) is 19.8 Å². The zero-order valence-corrected chi connectivity index (χ0v) is 11.9. The number of amides is 1. The first kappa shape index (κ1) is 16.4. The molecule has 0 saturated heterocycles. The third-order valence-corrected chi connectivity index (χ3v) is 2.98. The average molecular weight is 303 g/mol. The van der Waals surface area contributed by atoms with Gasteiger partial charge >= 0.3 is 0 Å². The van der Waals surface area contributed by atoms with E-state index in [1.807, 2.05) is 6.92 Å². The number of hydrogen-bond donors (Lipinski definition) is 0. The fraction of sp³-hybridized carbons (Fsp3) is 0.462. The van der Waals surface area contributed by atoms with Crippen molar-refractivity contribution in [1.29, 1.82) is 0 Å². The van der Waals surface area contributed by atoms with E-state index in [9.17, 15) is 19.3 Å². The Bertz CT molecular complexity index is 497. The molecule has 0 heterocycles. The molecule has 0 aliphatic heterocycles. The molecule has 0 aromatic heterocycles. The molecule has 0 spiro atoms. The van der Waals surface area contributed by atoms with E-state index in [4.69, 9.17) is 11.6 Å². The third kappa shape index (κ3) is 4.16. The van der Waals surface area contributed by atoms with Crippen LogP contribution in [0.3, 0.4) is 0 Å². The minimum absolute atomic E-state index is 0.113. The molecule has 0 saturated carbocycles. The monoisotopic (exact) mass is 302 g/mol. The molecular weight excluding hydrogens is 287 g/mol. The van der Waals surface area contributed by atoms with Crippen molar-refractivity contribution < 1.29 is 14.1 Å². The number of nitro benzene ring substituents is 1. The Hall–Kier alpha value is -1.69. The van der Waals surface area contributed by atoms with Gasteiger partial charge < -0.3 is 4.90 Å². The highest BCUT2D eigenvalue weighted by Crippen LogP contribution is 2.21. The molecular formula is C13H16ClFN2O3. The number of hydrogen-bond acceptors (Lipinski definition) is 3. The summed E-state index contributed by atoms with van der Waals surface area (Å²) in [6.45, 7) is 2.75. The van der Waals surface area contributed by atoms with E-state index in [1.165, 1.54) is 4.90 Å². The zero-order valence-electron chi connectivity index (χ0n) is 11.1. The maximum atomic E-state index is 13.1. The zero-order chi connectivity index (χ0) is 15.1. The second-order valence-electron chi connectivity index (χ2n) is 4.25. The molecule has 0 fully saturated rings. The van der Waals surface area contributed by atoms with Crippen LogP contribution in [0.25, 0.3) is 0 Å². The van der Waals surface area contributed by atoms with E-state index < -0.39 is 22.3 Å². The van der Waals surface area contributed by atoms with Crippen molar-refractivity contribution >= 4 is 23.2 Å². The number of nitrogens with zero attached hydrogens (tertiary/aromatic N) is 2. The number of halogens is 2. The highest BCUT2D eigenvalue weighted by molar-refractivity contribution is 6.18.